The largest absolute Gasteiger partial charge is 0.367 e. The lowest BCUT2D eigenvalue weighted by molar-refractivity contribution is -0.143. The van der Waals surface area contributed by atoms with Gasteiger partial charge in [-0.25, -0.2) is 4.98 Å². The topological polar surface area (TPSA) is 64.4 Å². The Balaban J connectivity index is 1.84. The summed E-state index contributed by atoms with van der Waals surface area (Å²) in [5, 5.41) is 0. The van der Waals surface area contributed by atoms with Gasteiger partial charge in [0.1, 0.15) is 0 Å². The number of methoxy groups -OCH3 is 1. The zero-order valence-corrected chi connectivity index (χ0v) is 13.2. The number of carbonyl (C=O) groups excluding carboxylic acids is 1. The van der Waals surface area contributed by atoms with Crippen LogP contribution in [0.4, 0.5) is 0 Å². The molecule has 1 aliphatic rings. The van der Waals surface area contributed by atoms with Crippen LogP contribution in [-0.4, -0.2) is 34.0 Å². The molecule has 1 aromatic heterocycles. The number of carbonyl (C=O) groups is 1. The Morgan fingerprint density at radius 2 is 2.04 bits per heavy atom. The molecule has 0 saturated heterocycles. The third kappa shape index (κ3) is 2.90. The van der Waals surface area contributed by atoms with Crippen molar-refractivity contribution in [2.24, 2.45) is 7.05 Å². The first-order valence-corrected chi connectivity index (χ1v) is 7.51. The van der Waals surface area contributed by atoms with Gasteiger partial charge in [0.05, 0.1) is 18.6 Å². The average molecular weight is 313 g/mol. The molecule has 0 fully saturated rings. The molecule has 3 rings (SSSR count). The minimum atomic E-state index is -0.635. The highest BCUT2D eigenvalue weighted by Gasteiger charge is 2.30. The number of benzene rings is 1. The molecule has 6 heteroatoms. The van der Waals surface area contributed by atoms with Crippen LogP contribution in [0, 0.1) is 0 Å². The summed E-state index contributed by atoms with van der Waals surface area (Å²) in [6.45, 7) is 0.844. The molecule has 0 saturated carbocycles. The molecule has 2 heterocycles. The van der Waals surface area contributed by atoms with Gasteiger partial charge in [-0.3, -0.25) is 9.59 Å². The highest BCUT2D eigenvalue weighted by molar-refractivity contribution is 5.82. The summed E-state index contributed by atoms with van der Waals surface area (Å²) in [6.07, 6.45) is 1.39. The summed E-state index contributed by atoms with van der Waals surface area (Å²) in [7, 11) is 3.21. The van der Waals surface area contributed by atoms with Crippen LogP contribution >= 0.6 is 0 Å². The number of amides is 1. The summed E-state index contributed by atoms with van der Waals surface area (Å²) < 4.78 is 6.88. The van der Waals surface area contributed by atoms with Gasteiger partial charge in [-0.15, -0.1) is 0 Å². The Hall–Kier alpha value is -2.47. The standard InChI is InChI=1S/C17H19N3O3/c1-19-11-18-14-10-20(9-8-13(14)16(19)21)17(22)15(23-2)12-6-4-3-5-7-12/h3-7,11,15H,8-10H2,1-2H3/t15-/m1/s1. The second kappa shape index (κ2) is 6.34. The van der Waals surface area contributed by atoms with Crippen molar-refractivity contribution in [3.63, 3.8) is 0 Å². The van der Waals surface area contributed by atoms with Crippen molar-refractivity contribution in [2.75, 3.05) is 13.7 Å². The van der Waals surface area contributed by atoms with Gasteiger partial charge >= 0.3 is 0 Å². The molecule has 0 unspecified atom stereocenters. The van der Waals surface area contributed by atoms with Crippen molar-refractivity contribution < 1.29 is 9.53 Å². The fourth-order valence-electron chi connectivity index (χ4n) is 2.88. The summed E-state index contributed by atoms with van der Waals surface area (Å²) in [4.78, 5) is 30.9. The van der Waals surface area contributed by atoms with Crippen molar-refractivity contribution in [3.05, 3.63) is 63.8 Å². The van der Waals surface area contributed by atoms with E-state index < -0.39 is 6.10 Å². The molecular formula is C17H19N3O3. The maximum absolute atomic E-state index is 12.8. The number of nitrogens with zero attached hydrogens (tertiary/aromatic N) is 3. The van der Waals surface area contributed by atoms with Crippen LogP contribution in [0.3, 0.4) is 0 Å². The molecule has 0 N–H and O–H groups in total. The lowest BCUT2D eigenvalue weighted by Gasteiger charge is -2.30. The Morgan fingerprint density at radius 3 is 2.74 bits per heavy atom. The molecule has 120 valence electrons. The van der Waals surface area contributed by atoms with Crippen molar-refractivity contribution >= 4 is 5.91 Å². The van der Waals surface area contributed by atoms with Crippen LogP contribution in [0.2, 0.25) is 0 Å². The van der Waals surface area contributed by atoms with Crippen molar-refractivity contribution in [3.8, 4) is 0 Å². The first kappa shape index (κ1) is 15.4. The fraction of sp³-hybridized carbons (Fsp3) is 0.353. The SMILES string of the molecule is CO[C@@H](C(=O)N1CCc2c(ncn(C)c2=O)C1)c1ccccc1. The number of ether oxygens (including phenoxy) is 1. The van der Waals surface area contributed by atoms with E-state index in [9.17, 15) is 9.59 Å². The molecule has 6 nitrogen and oxygen atoms in total. The summed E-state index contributed by atoms with van der Waals surface area (Å²) in [5.74, 6) is -0.105. The van der Waals surface area contributed by atoms with E-state index in [1.54, 1.807) is 11.9 Å². The zero-order chi connectivity index (χ0) is 16.4. The highest BCUT2D eigenvalue weighted by atomic mass is 16.5. The minimum Gasteiger partial charge on any atom is -0.367 e. The quantitative estimate of drug-likeness (QED) is 0.850. The maximum Gasteiger partial charge on any atom is 0.256 e. The molecule has 0 spiro atoms. The highest BCUT2D eigenvalue weighted by Crippen LogP contribution is 2.22. The number of aromatic nitrogens is 2. The third-order valence-corrected chi connectivity index (χ3v) is 4.16. The van der Waals surface area contributed by atoms with Gasteiger partial charge in [-0.2, -0.15) is 0 Å². The van der Waals surface area contributed by atoms with Crippen molar-refractivity contribution in [1.82, 2.24) is 14.5 Å². The van der Waals surface area contributed by atoms with Gasteiger partial charge in [0.2, 0.25) is 0 Å². The average Bonchev–Trinajstić information content (AvgIpc) is 2.59. The molecule has 0 radical (unpaired) electrons. The Bertz CT molecular complexity index is 770. The van der Waals surface area contributed by atoms with Crippen LogP contribution in [0.5, 0.6) is 0 Å². The number of rotatable bonds is 3. The molecule has 0 aliphatic carbocycles. The summed E-state index contributed by atoms with van der Waals surface area (Å²) in [6, 6.07) is 9.41. The lowest BCUT2D eigenvalue weighted by atomic mass is 10.0. The smallest absolute Gasteiger partial charge is 0.256 e. The molecule has 1 aromatic carbocycles. The molecule has 1 aliphatic heterocycles. The van der Waals surface area contributed by atoms with E-state index >= 15 is 0 Å². The van der Waals surface area contributed by atoms with E-state index in [-0.39, 0.29) is 11.5 Å². The van der Waals surface area contributed by atoms with E-state index in [4.69, 9.17) is 4.74 Å². The van der Waals surface area contributed by atoms with Gasteiger partial charge in [0, 0.05) is 26.3 Å². The number of hydrogen-bond donors (Lipinski definition) is 0. The van der Waals surface area contributed by atoms with Gasteiger partial charge in [-0.1, -0.05) is 30.3 Å². The minimum absolute atomic E-state index is 0.0338. The number of hydrogen-bond acceptors (Lipinski definition) is 4. The van der Waals surface area contributed by atoms with E-state index in [0.29, 0.717) is 30.8 Å². The van der Waals surface area contributed by atoms with Crippen LogP contribution in [0.1, 0.15) is 22.9 Å². The summed E-state index contributed by atoms with van der Waals surface area (Å²) >= 11 is 0. The molecule has 23 heavy (non-hydrogen) atoms. The first-order valence-electron chi connectivity index (χ1n) is 7.51. The monoisotopic (exact) mass is 313 g/mol. The van der Waals surface area contributed by atoms with Crippen molar-refractivity contribution in [1.29, 1.82) is 0 Å². The predicted octanol–water partition coefficient (Wildman–Crippen LogP) is 1.05. The first-order chi connectivity index (χ1) is 11.1. The van der Waals surface area contributed by atoms with Crippen LogP contribution in [0.15, 0.2) is 41.5 Å². The van der Waals surface area contributed by atoms with Crippen LogP contribution in [0.25, 0.3) is 0 Å². The Labute approximate surface area is 134 Å². The molecule has 1 atom stereocenters. The normalized spacial score (nSPS) is 15.1. The number of aryl methyl sites for hydroxylation is 1. The fourth-order valence-corrected chi connectivity index (χ4v) is 2.88. The Morgan fingerprint density at radius 1 is 1.30 bits per heavy atom. The van der Waals surface area contributed by atoms with Crippen LogP contribution in [-0.2, 0) is 29.5 Å². The molecule has 2 aromatic rings. The van der Waals surface area contributed by atoms with E-state index in [1.807, 2.05) is 30.3 Å². The van der Waals surface area contributed by atoms with Gasteiger partial charge in [-0.05, 0) is 12.0 Å². The van der Waals surface area contributed by atoms with Gasteiger partial charge in [0.25, 0.3) is 11.5 Å². The maximum atomic E-state index is 12.8. The molecule has 1 amide bonds. The Kier molecular flexibility index (Phi) is 4.25. The zero-order valence-electron chi connectivity index (χ0n) is 13.2. The lowest BCUT2D eigenvalue weighted by Crippen LogP contribution is -2.42. The van der Waals surface area contributed by atoms with Crippen LogP contribution < -0.4 is 5.56 Å². The van der Waals surface area contributed by atoms with Gasteiger partial charge < -0.3 is 14.2 Å². The molecular weight excluding hydrogens is 294 g/mol. The second-order valence-electron chi connectivity index (χ2n) is 5.62. The third-order valence-electron chi connectivity index (χ3n) is 4.16. The van der Waals surface area contributed by atoms with Crippen molar-refractivity contribution in [2.45, 2.75) is 19.1 Å². The second-order valence-corrected chi connectivity index (χ2v) is 5.62. The molecule has 0 bridgehead atoms. The van der Waals surface area contributed by atoms with E-state index in [2.05, 4.69) is 4.98 Å². The van der Waals surface area contributed by atoms with E-state index in [1.165, 1.54) is 18.0 Å². The predicted molar refractivity (Wildman–Crippen MR) is 84.8 cm³/mol. The van der Waals surface area contributed by atoms with Gasteiger partial charge in [0.15, 0.2) is 6.10 Å². The summed E-state index contributed by atoms with van der Waals surface area (Å²) in [5.41, 5.74) is 2.17. The van der Waals surface area contributed by atoms with E-state index in [0.717, 1.165) is 5.56 Å². The number of fused-ring (bicyclic) bond motifs is 1.